The van der Waals surface area contributed by atoms with E-state index in [0.717, 1.165) is 0 Å². The Morgan fingerprint density at radius 1 is 0.125 bits per heavy atom. The van der Waals surface area contributed by atoms with Gasteiger partial charge in [-0.25, -0.2) is 0 Å². The van der Waals surface area contributed by atoms with Crippen molar-refractivity contribution in [2.24, 2.45) is 0 Å². The molecule has 0 heteroatoms. The lowest BCUT2D eigenvalue weighted by molar-refractivity contribution is 1.61. The van der Waals surface area contributed by atoms with E-state index in [0.29, 0.717) is 0 Å². The molecule has 0 amide bonds. The molecule has 0 saturated heterocycles. The van der Waals surface area contributed by atoms with E-state index >= 15 is 0 Å². The van der Waals surface area contributed by atoms with Crippen LogP contribution in [-0.2, 0) is 0 Å². The molecule has 0 aliphatic rings. The third kappa shape index (κ3) is 6.99. The minimum absolute atomic E-state index is 1.20. The number of fused-ring (bicyclic) bond motifs is 7. The smallest absolute Gasteiger partial charge is 0.00262 e. The van der Waals surface area contributed by atoms with Crippen molar-refractivity contribution in [3.63, 3.8) is 0 Å². The minimum atomic E-state index is 1.20. The van der Waals surface area contributed by atoms with Crippen molar-refractivity contribution < 1.29 is 0 Å². The lowest BCUT2D eigenvalue weighted by Crippen LogP contribution is -1.91. The van der Waals surface area contributed by atoms with E-state index in [-0.39, 0.29) is 0 Å². The molecule has 0 N–H and O–H groups in total. The summed E-state index contributed by atoms with van der Waals surface area (Å²) >= 11 is 0. The van der Waals surface area contributed by atoms with Gasteiger partial charge in [-0.2, -0.15) is 0 Å². The van der Waals surface area contributed by atoms with Crippen LogP contribution in [0.3, 0.4) is 0 Å². The predicted molar refractivity (Wildman–Crippen MR) is 310 cm³/mol. The highest BCUT2D eigenvalue weighted by Gasteiger charge is 2.19. The third-order valence-electron chi connectivity index (χ3n) is 15.0. The summed E-state index contributed by atoms with van der Waals surface area (Å²) in [6, 6.07) is 103. The van der Waals surface area contributed by atoms with Crippen molar-refractivity contribution in [2.45, 2.75) is 0 Å². The second-order valence-electron chi connectivity index (χ2n) is 19.1. The Hall–Kier alpha value is -9.36. The van der Waals surface area contributed by atoms with Gasteiger partial charge in [-0.15, -0.1) is 0 Å². The van der Waals surface area contributed by atoms with Gasteiger partial charge in [0.25, 0.3) is 0 Å². The van der Waals surface area contributed by atoms with Crippen molar-refractivity contribution in [1.29, 1.82) is 0 Å². The van der Waals surface area contributed by atoms with Gasteiger partial charge in [0.1, 0.15) is 0 Å². The van der Waals surface area contributed by atoms with Crippen LogP contribution in [0.4, 0.5) is 0 Å². The Labute approximate surface area is 419 Å². The molecule has 0 aliphatic heterocycles. The topological polar surface area (TPSA) is 0 Å². The van der Waals surface area contributed by atoms with Crippen molar-refractivity contribution in [2.75, 3.05) is 0 Å². The Kier molecular flexibility index (Phi) is 9.96. The van der Waals surface area contributed by atoms with Gasteiger partial charge in [0.05, 0.1) is 0 Å². The van der Waals surface area contributed by atoms with Crippen LogP contribution in [0.2, 0.25) is 0 Å². The normalized spacial score (nSPS) is 11.6. The zero-order valence-electron chi connectivity index (χ0n) is 39.6. The van der Waals surface area contributed by atoms with Crippen LogP contribution < -0.4 is 0 Å². The van der Waals surface area contributed by atoms with Gasteiger partial charge in [0, 0.05) is 0 Å². The van der Waals surface area contributed by atoms with Crippen LogP contribution in [0.5, 0.6) is 0 Å². The molecule has 0 radical (unpaired) electrons. The van der Waals surface area contributed by atoms with E-state index in [1.807, 2.05) is 0 Å². The molecule has 0 spiro atoms. The van der Waals surface area contributed by atoms with Crippen LogP contribution in [-0.4, -0.2) is 0 Å². The second kappa shape index (κ2) is 17.2. The number of rotatable bonds is 7. The first-order valence-electron chi connectivity index (χ1n) is 25.0. The molecule has 14 aromatic rings. The monoisotopic (exact) mass is 910 g/mol. The van der Waals surface area contributed by atoms with Crippen LogP contribution >= 0.6 is 0 Å². The summed E-state index contributed by atoms with van der Waals surface area (Å²) in [6.07, 6.45) is 0. The zero-order valence-corrected chi connectivity index (χ0v) is 39.6. The Balaban J connectivity index is 0.878. The molecule has 0 bridgehead atoms. The first-order chi connectivity index (χ1) is 35.7. The molecule has 0 heterocycles. The maximum absolute atomic E-state index is 2.41. The molecule has 14 aromatic carbocycles. The predicted octanol–water partition coefficient (Wildman–Crippen LogP) is 20.3. The molecule has 0 atom stereocenters. The second-order valence-corrected chi connectivity index (χ2v) is 19.1. The van der Waals surface area contributed by atoms with Gasteiger partial charge in [0.15, 0.2) is 0 Å². The average Bonchev–Trinajstić information content (AvgIpc) is 3.46. The number of hydrogen-bond acceptors (Lipinski definition) is 0. The maximum Gasteiger partial charge on any atom is -0.00262 e. The molecule has 0 aromatic heterocycles. The van der Waals surface area contributed by atoms with E-state index < -0.39 is 0 Å². The summed E-state index contributed by atoms with van der Waals surface area (Å²) in [5.74, 6) is 0. The van der Waals surface area contributed by atoms with Gasteiger partial charge >= 0.3 is 0 Å². The van der Waals surface area contributed by atoms with Crippen LogP contribution in [0.25, 0.3) is 143 Å². The molecule has 0 aliphatic carbocycles. The van der Waals surface area contributed by atoms with Crippen molar-refractivity contribution in [3.05, 3.63) is 279 Å². The van der Waals surface area contributed by atoms with E-state index in [4.69, 9.17) is 0 Å². The Morgan fingerprint density at radius 2 is 0.361 bits per heavy atom. The fourth-order valence-electron chi connectivity index (χ4n) is 11.7. The standard InChI is InChI=1S/C72H46/c1-3-18-47(19-4-1)51-22-15-25-56(42-51)70-63-32-11-13-34-65(63)72(66-35-14-12-33-64(66)70)58-27-17-24-53(44-58)55-41-39-49-37-36-48-38-40-54(45-67(48)68(49)46-55)52-23-16-26-57(43-52)71-61-30-9-7-28-59(61)69(50-20-5-2-6-21-50)60-29-8-10-31-62(60)71/h1-46H. The molecule has 72 heavy (non-hydrogen) atoms. The molecule has 0 unspecified atom stereocenters. The lowest BCUT2D eigenvalue weighted by atomic mass is 9.85. The first-order valence-corrected chi connectivity index (χ1v) is 25.0. The first kappa shape index (κ1) is 41.6. The third-order valence-corrected chi connectivity index (χ3v) is 15.0. The summed E-state index contributed by atoms with van der Waals surface area (Å²) in [5, 5.41) is 15.0. The van der Waals surface area contributed by atoms with Crippen molar-refractivity contribution in [3.8, 4) is 77.9 Å². The molecular weight excluding hydrogens is 865 g/mol. The highest BCUT2D eigenvalue weighted by atomic mass is 14.2. The van der Waals surface area contributed by atoms with Gasteiger partial charge in [-0.05, 0) is 173 Å². The summed E-state index contributed by atoms with van der Waals surface area (Å²) in [6.45, 7) is 0. The molecule has 14 rings (SSSR count). The molecule has 334 valence electrons. The van der Waals surface area contributed by atoms with Gasteiger partial charge < -0.3 is 0 Å². The number of hydrogen-bond donors (Lipinski definition) is 0. The molecule has 0 nitrogen and oxygen atoms in total. The highest BCUT2D eigenvalue weighted by Crippen LogP contribution is 2.47. The molecular formula is C72H46. The lowest BCUT2D eigenvalue weighted by Gasteiger charge is -2.18. The Morgan fingerprint density at radius 3 is 0.708 bits per heavy atom. The van der Waals surface area contributed by atoms with Gasteiger partial charge in [0.2, 0.25) is 0 Å². The van der Waals surface area contributed by atoms with Crippen molar-refractivity contribution >= 4 is 64.6 Å². The number of benzene rings is 14. The van der Waals surface area contributed by atoms with Crippen LogP contribution in [0.15, 0.2) is 279 Å². The van der Waals surface area contributed by atoms with Crippen molar-refractivity contribution in [1.82, 2.24) is 0 Å². The van der Waals surface area contributed by atoms with Gasteiger partial charge in [-0.3, -0.25) is 0 Å². The quantitative estimate of drug-likeness (QED) is 0.110. The molecule has 0 saturated carbocycles. The summed E-state index contributed by atoms with van der Waals surface area (Å²) in [5.41, 5.74) is 17.2. The van der Waals surface area contributed by atoms with E-state index in [2.05, 4.69) is 279 Å². The summed E-state index contributed by atoms with van der Waals surface area (Å²) in [7, 11) is 0. The Bertz CT molecular complexity index is 4310. The zero-order chi connectivity index (χ0) is 47.5. The fraction of sp³-hybridized carbons (Fsp3) is 0. The highest BCUT2D eigenvalue weighted by molar-refractivity contribution is 6.23. The maximum atomic E-state index is 2.41. The van der Waals surface area contributed by atoms with Crippen LogP contribution in [0.1, 0.15) is 0 Å². The SMILES string of the molecule is c1ccc(-c2cccc(-c3c4ccccc4c(-c4cccc(-c5ccc6ccc7ccc(-c8cccc(-c9c%10ccccc%10c(-c%10ccccc%10)c%10ccccc9%10)c8)cc7c6c5)c4)c4ccccc34)c2)cc1. The minimum Gasteiger partial charge on any atom is -0.0622 e. The van der Waals surface area contributed by atoms with E-state index in [1.54, 1.807) is 0 Å². The van der Waals surface area contributed by atoms with E-state index in [1.165, 1.54) is 143 Å². The van der Waals surface area contributed by atoms with Gasteiger partial charge in [-0.1, -0.05) is 249 Å². The average molecular weight is 911 g/mol. The largest absolute Gasteiger partial charge is 0.0622 e. The summed E-state index contributed by atoms with van der Waals surface area (Å²) < 4.78 is 0. The summed E-state index contributed by atoms with van der Waals surface area (Å²) in [4.78, 5) is 0. The van der Waals surface area contributed by atoms with Crippen LogP contribution in [0, 0.1) is 0 Å². The fourth-order valence-corrected chi connectivity index (χ4v) is 11.7. The van der Waals surface area contributed by atoms with E-state index in [9.17, 15) is 0 Å². The molecule has 0 fully saturated rings.